The number of nitrogens with zero attached hydrogens (tertiary/aromatic N) is 1. The summed E-state index contributed by atoms with van der Waals surface area (Å²) >= 11 is 12.3. The summed E-state index contributed by atoms with van der Waals surface area (Å²) in [4.78, 5) is 4.02. The van der Waals surface area contributed by atoms with E-state index in [1.807, 2.05) is 42.5 Å². The second kappa shape index (κ2) is 9.60. The van der Waals surface area contributed by atoms with Crippen molar-refractivity contribution in [1.82, 2.24) is 10.3 Å². The SMILES string of the molecule is COc1cc(CNCc2ccncc2)c(Cl)cc1OCc1ccc(Cl)cc1. The minimum absolute atomic E-state index is 0.406. The predicted molar refractivity (Wildman–Crippen MR) is 109 cm³/mol. The van der Waals surface area contributed by atoms with E-state index in [1.54, 1.807) is 25.6 Å². The minimum atomic E-state index is 0.406. The number of nitrogens with one attached hydrogen (secondary N) is 1. The van der Waals surface area contributed by atoms with Crippen LogP contribution in [0.3, 0.4) is 0 Å². The first kappa shape index (κ1) is 19.5. The molecule has 0 amide bonds. The van der Waals surface area contributed by atoms with Crippen molar-refractivity contribution in [3.8, 4) is 11.5 Å². The maximum absolute atomic E-state index is 6.44. The Balaban J connectivity index is 1.64. The lowest BCUT2D eigenvalue weighted by molar-refractivity contribution is 0.284. The van der Waals surface area contributed by atoms with Crippen LogP contribution in [-0.4, -0.2) is 12.1 Å². The molecule has 27 heavy (non-hydrogen) atoms. The first-order chi connectivity index (χ1) is 13.2. The van der Waals surface area contributed by atoms with Gasteiger partial charge in [0.1, 0.15) is 6.61 Å². The third-order valence-electron chi connectivity index (χ3n) is 4.03. The van der Waals surface area contributed by atoms with Gasteiger partial charge in [-0.25, -0.2) is 0 Å². The molecule has 1 aromatic heterocycles. The number of halogens is 2. The van der Waals surface area contributed by atoms with Gasteiger partial charge in [-0.2, -0.15) is 0 Å². The average Bonchev–Trinajstić information content (AvgIpc) is 2.69. The molecule has 0 aliphatic heterocycles. The summed E-state index contributed by atoms with van der Waals surface area (Å²) in [6, 6.07) is 15.2. The summed E-state index contributed by atoms with van der Waals surface area (Å²) in [6.45, 7) is 1.76. The summed E-state index contributed by atoms with van der Waals surface area (Å²) in [6.07, 6.45) is 3.56. The molecule has 1 heterocycles. The molecule has 3 aromatic rings. The Hall–Kier alpha value is -2.27. The molecule has 0 aliphatic carbocycles. The molecule has 0 aliphatic rings. The van der Waals surface area contributed by atoms with E-state index in [0.717, 1.165) is 23.2 Å². The third kappa shape index (κ3) is 5.60. The van der Waals surface area contributed by atoms with Gasteiger partial charge in [-0.05, 0) is 47.0 Å². The number of benzene rings is 2. The second-order valence-electron chi connectivity index (χ2n) is 5.97. The fourth-order valence-corrected chi connectivity index (χ4v) is 2.92. The highest BCUT2D eigenvalue weighted by Crippen LogP contribution is 2.34. The largest absolute Gasteiger partial charge is 0.493 e. The van der Waals surface area contributed by atoms with E-state index in [0.29, 0.717) is 34.7 Å². The molecule has 140 valence electrons. The number of hydrogen-bond acceptors (Lipinski definition) is 4. The van der Waals surface area contributed by atoms with Gasteiger partial charge in [-0.15, -0.1) is 0 Å². The molecule has 0 saturated heterocycles. The molecule has 0 unspecified atom stereocenters. The number of methoxy groups -OCH3 is 1. The van der Waals surface area contributed by atoms with Crippen molar-refractivity contribution in [2.45, 2.75) is 19.7 Å². The fraction of sp³-hybridized carbons (Fsp3) is 0.190. The highest BCUT2D eigenvalue weighted by atomic mass is 35.5. The van der Waals surface area contributed by atoms with Crippen LogP contribution in [0, 0.1) is 0 Å². The van der Waals surface area contributed by atoms with E-state index in [9.17, 15) is 0 Å². The van der Waals surface area contributed by atoms with Gasteiger partial charge in [-0.1, -0.05) is 35.3 Å². The molecule has 0 saturated carbocycles. The summed E-state index contributed by atoms with van der Waals surface area (Å²) in [5.74, 6) is 1.25. The summed E-state index contributed by atoms with van der Waals surface area (Å²) < 4.78 is 11.4. The Morgan fingerprint density at radius 2 is 1.63 bits per heavy atom. The lowest BCUT2D eigenvalue weighted by Gasteiger charge is -2.14. The second-order valence-corrected chi connectivity index (χ2v) is 6.81. The van der Waals surface area contributed by atoms with E-state index in [1.165, 1.54) is 0 Å². The maximum atomic E-state index is 6.44. The molecule has 0 bridgehead atoms. The Kier molecular flexibility index (Phi) is 6.93. The van der Waals surface area contributed by atoms with Crippen LogP contribution in [0.4, 0.5) is 0 Å². The zero-order valence-electron chi connectivity index (χ0n) is 14.9. The molecule has 0 spiro atoms. The van der Waals surface area contributed by atoms with Gasteiger partial charge in [-0.3, -0.25) is 4.98 Å². The molecular weight excluding hydrogens is 383 g/mol. The minimum Gasteiger partial charge on any atom is -0.493 e. The average molecular weight is 403 g/mol. The normalized spacial score (nSPS) is 10.6. The first-order valence-electron chi connectivity index (χ1n) is 8.49. The topological polar surface area (TPSA) is 43.4 Å². The van der Waals surface area contributed by atoms with Crippen LogP contribution in [0.1, 0.15) is 16.7 Å². The molecule has 0 radical (unpaired) electrons. The maximum Gasteiger partial charge on any atom is 0.163 e. The van der Waals surface area contributed by atoms with Crippen molar-refractivity contribution in [3.05, 3.63) is 87.7 Å². The zero-order chi connectivity index (χ0) is 19.1. The van der Waals surface area contributed by atoms with Gasteiger partial charge in [0.05, 0.1) is 7.11 Å². The summed E-state index contributed by atoms with van der Waals surface area (Å²) in [7, 11) is 1.62. The number of hydrogen-bond donors (Lipinski definition) is 1. The van der Waals surface area contributed by atoms with Crippen LogP contribution < -0.4 is 14.8 Å². The van der Waals surface area contributed by atoms with Crippen molar-refractivity contribution in [2.24, 2.45) is 0 Å². The monoisotopic (exact) mass is 402 g/mol. The van der Waals surface area contributed by atoms with E-state index < -0.39 is 0 Å². The molecule has 0 fully saturated rings. The van der Waals surface area contributed by atoms with E-state index in [2.05, 4.69) is 10.3 Å². The molecule has 1 N–H and O–H groups in total. The van der Waals surface area contributed by atoms with E-state index in [-0.39, 0.29) is 0 Å². The fourth-order valence-electron chi connectivity index (χ4n) is 2.57. The lowest BCUT2D eigenvalue weighted by Crippen LogP contribution is -2.13. The number of rotatable bonds is 8. The standard InChI is InChI=1S/C21H20Cl2N2O2/c1-26-20-10-17(13-25-12-15-6-8-24-9-7-15)19(23)11-21(20)27-14-16-2-4-18(22)5-3-16/h2-11,25H,12-14H2,1H3. The molecule has 3 rings (SSSR count). The van der Waals surface area contributed by atoms with Crippen LogP contribution in [0.15, 0.2) is 60.9 Å². The van der Waals surface area contributed by atoms with Gasteiger partial charge >= 0.3 is 0 Å². The van der Waals surface area contributed by atoms with Crippen molar-refractivity contribution in [1.29, 1.82) is 0 Å². The first-order valence-corrected chi connectivity index (χ1v) is 9.24. The van der Waals surface area contributed by atoms with Crippen LogP contribution in [-0.2, 0) is 19.7 Å². The van der Waals surface area contributed by atoms with E-state index >= 15 is 0 Å². The van der Waals surface area contributed by atoms with Crippen LogP contribution in [0.5, 0.6) is 11.5 Å². The van der Waals surface area contributed by atoms with Crippen molar-refractivity contribution in [2.75, 3.05) is 7.11 Å². The number of pyridine rings is 1. The highest BCUT2D eigenvalue weighted by molar-refractivity contribution is 6.31. The number of ether oxygens (including phenoxy) is 2. The molecular formula is C21H20Cl2N2O2. The quantitative estimate of drug-likeness (QED) is 0.557. The zero-order valence-corrected chi connectivity index (χ0v) is 16.4. The highest BCUT2D eigenvalue weighted by Gasteiger charge is 2.11. The Labute approximate surface area is 169 Å². The van der Waals surface area contributed by atoms with Gasteiger partial charge < -0.3 is 14.8 Å². The third-order valence-corrected chi connectivity index (χ3v) is 4.64. The smallest absolute Gasteiger partial charge is 0.163 e. The van der Waals surface area contributed by atoms with Gasteiger partial charge in [0.25, 0.3) is 0 Å². The molecule has 0 atom stereocenters. The summed E-state index contributed by atoms with van der Waals surface area (Å²) in [5, 5.41) is 4.70. The van der Waals surface area contributed by atoms with Crippen LogP contribution >= 0.6 is 23.2 Å². The number of aromatic nitrogens is 1. The Morgan fingerprint density at radius 3 is 2.33 bits per heavy atom. The lowest BCUT2D eigenvalue weighted by atomic mass is 10.2. The van der Waals surface area contributed by atoms with E-state index in [4.69, 9.17) is 32.7 Å². The predicted octanol–water partition coefficient (Wildman–Crippen LogP) is 5.27. The van der Waals surface area contributed by atoms with Gasteiger partial charge in [0.15, 0.2) is 11.5 Å². The van der Waals surface area contributed by atoms with Gasteiger partial charge in [0, 0.05) is 41.6 Å². The Bertz CT molecular complexity index is 871. The van der Waals surface area contributed by atoms with Crippen LogP contribution in [0.2, 0.25) is 10.0 Å². The van der Waals surface area contributed by atoms with Crippen molar-refractivity contribution in [3.63, 3.8) is 0 Å². The van der Waals surface area contributed by atoms with Gasteiger partial charge in [0.2, 0.25) is 0 Å². The van der Waals surface area contributed by atoms with Crippen molar-refractivity contribution >= 4 is 23.2 Å². The summed E-state index contributed by atoms with van der Waals surface area (Å²) in [5.41, 5.74) is 3.12. The molecule has 6 heteroatoms. The van der Waals surface area contributed by atoms with Crippen molar-refractivity contribution < 1.29 is 9.47 Å². The molecule has 4 nitrogen and oxygen atoms in total. The Morgan fingerprint density at radius 1 is 0.889 bits per heavy atom. The molecule has 2 aromatic carbocycles. The van der Waals surface area contributed by atoms with Crippen LogP contribution in [0.25, 0.3) is 0 Å².